The molecule has 0 atom stereocenters. The first-order valence-electron chi connectivity index (χ1n) is 5.31. The zero-order chi connectivity index (χ0) is 9.47. The highest BCUT2D eigenvalue weighted by Gasteiger charge is 2.48. The molecule has 0 aromatic heterocycles. The van der Waals surface area contributed by atoms with Crippen LogP contribution in [0, 0.1) is 0 Å². The summed E-state index contributed by atoms with van der Waals surface area (Å²) in [4.78, 5) is 2.58. The Bertz CT molecular complexity index is 187. The van der Waals surface area contributed by atoms with E-state index in [2.05, 4.69) is 44.7 Å². The van der Waals surface area contributed by atoms with Gasteiger partial charge in [0.1, 0.15) is 0 Å². The van der Waals surface area contributed by atoms with Crippen LogP contribution in [0.25, 0.3) is 0 Å². The van der Waals surface area contributed by atoms with E-state index in [1.165, 1.54) is 38.9 Å². The van der Waals surface area contributed by atoms with Crippen LogP contribution in [0.3, 0.4) is 0 Å². The van der Waals surface area contributed by atoms with Crippen LogP contribution in [0.5, 0.6) is 0 Å². The first kappa shape index (κ1) is 10.2. The maximum Gasteiger partial charge on any atom is 0.0558 e. The van der Waals surface area contributed by atoms with Crippen molar-refractivity contribution >= 4 is 22.9 Å². The normalized spacial score (nSPS) is 29.5. The van der Waals surface area contributed by atoms with Crippen molar-refractivity contribution in [1.82, 2.24) is 8.01 Å². The molecule has 3 heteroatoms. The third kappa shape index (κ3) is 1.75. The van der Waals surface area contributed by atoms with Gasteiger partial charge in [-0.15, -0.1) is 0 Å². The quantitative estimate of drug-likeness (QED) is 0.541. The lowest BCUT2D eigenvalue weighted by Gasteiger charge is -2.57. The number of rotatable bonds is 1. The molecule has 0 amide bonds. The van der Waals surface area contributed by atoms with E-state index in [0.29, 0.717) is 5.54 Å². The highest BCUT2D eigenvalue weighted by atomic mass is 127. The van der Waals surface area contributed by atoms with Gasteiger partial charge in [0.25, 0.3) is 0 Å². The van der Waals surface area contributed by atoms with Gasteiger partial charge in [-0.2, -0.15) is 0 Å². The van der Waals surface area contributed by atoms with E-state index in [9.17, 15) is 0 Å². The van der Waals surface area contributed by atoms with E-state index in [1.54, 1.807) is 0 Å². The SMILES string of the molecule is CC(C)N1CC2(CCCCN2I)C1. The van der Waals surface area contributed by atoms with Gasteiger partial charge in [0, 0.05) is 48.5 Å². The number of halogens is 1. The minimum Gasteiger partial charge on any atom is -0.297 e. The van der Waals surface area contributed by atoms with E-state index in [1.807, 2.05) is 0 Å². The van der Waals surface area contributed by atoms with Crippen molar-refractivity contribution in [3.63, 3.8) is 0 Å². The van der Waals surface area contributed by atoms with Crippen molar-refractivity contribution < 1.29 is 0 Å². The molecule has 0 N–H and O–H groups in total. The van der Waals surface area contributed by atoms with E-state index in [-0.39, 0.29) is 0 Å². The molecule has 76 valence electrons. The smallest absolute Gasteiger partial charge is 0.0558 e. The molecule has 13 heavy (non-hydrogen) atoms. The molecule has 0 saturated carbocycles. The van der Waals surface area contributed by atoms with Crippen molar-refractivity contribution in [2.24, 2.45) is 0 Å². The lowest BCUT2D eigenvalue weighted by Crippen LogP contribution is -2.70. The minimum atomic E-state index is 0.559. The molecule has 2 nitrogen and oxygen atoms in total. The van der Waals surface area contributed by atoms with E-state index >= 15 is 0 Å². The molecule has 2 fully saturated rings. The molecule has 2 saturated heterocycles. The minimum absolute atomic E-state index is 0.559. The number of piperidine rings is 1. The second-order valence-corrected chi connectivity index (χ2v) is 5.93. The maximum absolute atomic E-state index is 2.58. The van der Waals surface area contributed by atoms with Crippen LogP contribution >= 0.6 is 22.9 Å². The number of hydrogen-bond acceptors (Lipinski definition) is 2. The molecule has 2 aliphatic rings. The Morgan fingerprint density at radius 1 is 1.23 bits per heavy atom. The molecule has 2 rings (SSSR count). The molecule has 0 aromatic rings. The molecule has 0 bridgehead atoms. The van der Waals surface area contributed by atoms with Crippen LogP contribution < -0.4 is 0 Å². The summed E-state index contributed by atoms with van der Waals surface area (Å²) in [5.41, 5.74) is 0.559. The third-order valence-corrected chi connectivity index (χ3v) is 4.99. The Kier molecular flexibility index (Phi) is 2.87. The summed E-state index contributed by atoms with van der Waals surface area (Å²) in [7, 11) is 0. The number of hydrogen-bond donors (Lipinski definition) is 0. The van der Waals surface area contributed by atoms with Gasteiger partial charge in [-0.3, -0.25) is 4.90 Å². The van der Waals surface area contributed by atoms with Gasteiger partial charge in [-0.05, 0) is 26.7 Å². The molecule has 0 aliphatic carbocycles. The van der Waals surface area contributed by atoms with Gasteiger partial charge in [0.15, 0.2) is 0 Å². The average Bonchev–Trinajstić information content (AvgIpc) is 2.01. The van der Waals surface area contributed by atoms with Crippen LogP contribution in [-0.4, -0.2) is 39.2 Å². The molecule has 2 aliphatic heterocycles. The fourth-order valence-electron chi connectivity index (χ4n) is 2.45. The first-order valence-corrected chi connectivity index (χ1v) is 6.28. The second kappa shape index (κ2) is 3.66. The fraction of sp³-hybridized carbons (Fsp3) is 1.00. The van der Waals surface area contributed by atoms with E-state index < -0.39 is 0 Å². The Balaban J connectivity index is 1.93. The predicted molar refractivity (Wildman–Crippen MR) is 64.0 cm³/mol. The molecular formula is C10H19IN2. The molecule has 1 spiro atoms. The third-order valence-electron chi connectivity index (χ3n) is 3.49. The standard InChI is InChI=1S/C10H19IN2/c1-9(2)12-7-10(8-12)5-3-4-6-13(10)11/h9H,3-8H2,1-2H3. The van der Waals surface area contributed by atoms with Crippen LogP contribution in [0.2, 0.25) is 0 Å². The van der Waals surface area contributed by atoms with Gasteiger partial charge in [-0.25, -0.2) is 3.11 Å². The first-order chi connectivity index (χ1) is 6.14. The fourth-order valence-corrected chi connectivity index (χ4v) is 3.34. The lowest BCUT2D eigenvalue weighted by molar-refractivity contribution is -0.0367. The van der Waals surface area contributed by atoms with Crippen molar-refractivity contribution in [3.05, 3.63) is 0 Å². The van der Waals surface area contributed by atoms with Crippen LogP contribution in [-0.2, 0) is 0 Å². The topological polar surface area (TPSA) is 6.48 Å². The van der Waals surface area contributed by atoms with Crippen LogP contribution in [0.15, 0.2) is 0 Å². The largest absolute Gasteiger partial charge is 0.297 e. The molecule has 0 aromatic carbocycles. The lowest BCUT2D eigenvalue weighted by atomic mass is 9.81. The van der Waals surface area contributed by atoms with Crippen molar-refractivity contribution in [1.29, 1.82) is 0 Å². The average molecular weight is 294 g/mol. The summed E-state index contributed by atoms with van der Waals surface area (Å²) < 4.78 is 2.56. The van der Waals surface area contributed by atoms with E-state index in [4.69, 9.17) is 0 Å². The number of nitrogens with zero attached hydrogens (tertiary/aromatic N) is 2. The Morgan fingerprint density at radius 2 is 1.92 bits per heavy atom. The summed E-state index contributed by atoms with van der Waals surface area (Å²) in [5.74, 6) is 0. The summed E-state index contributed by atoms with van der Waals surface area (Å²) in [6.45, 7) is 8.49. The maximum atomic E-state index is 2.58. The zero-order valence-corrected chi connectivity index (χ0v) is 10.7. The van der Waals surface area contributed by atoms with Crippen molar-refractivity contribution in [2.45, 2.75) is 44.7 Å². The Morgan fingerprint density at radius 3 is 2.46 bits per heavy atom. The van der Waals surface area contributed by atoms with Gasteiger partial charge in [-0.1, -0.05) is 6.42 Å². The summed E-state index contributed by atoms with van der Waals surface area (Å²) in [5, 5.41) is 0. The van der Waals surface area contributed by atoms with Crippen LogP contribution in [0.4, 0.5) is 0 Å². The molecule has 0 radical (unpaired) electrons. The van der Waals surface area contributed by atoms with E-state index in [0.717, 1.165) is 6.04 Å². The van der Waals surface area contributed by atoms with Crippen LogP contribution in [0.1, 0.15) is 33.1 Å². The van der Waals surface area contributed by atoms with Gasteiger partial charge < -0.3 is 0 Å². The molecule has 0 unspecified atom stereocenters. The summed E-state index contributed by atoms with van der Waals surface area (Å²) in [6, 6.07) is 0.734. The molecule has 2 heterocycles. The van der Waals surface area contributed by atoms with Crippen molar-refractivity contribution in [2.75, 3.05) is 19.6 Å². The van der Waals surface area contributed by atoms with Gasteiger partial charge in [0.2, 0.25) is 0 Å². The van der Waals surface area contributed by atoms with Gasteiger partial charge in [0.05, 0.1) is 5.54 Å². The Hall–Kier alpha value is 0.650. The molecular weight excluding hydrogens is 275 g/mol. The zero-order valence-electron chi connectivity index (χ0n) is 8.59. The van der Waals surface area contributed by atoms with Crippen molar-refractivity contribution in [3.8, 4) is 0 Å². The Labute approximate surface area is 95.2 Å². The highest BCUT2D eigenvalue weighted by molar-refractivity contribution is 14.1. The highest BCUT2D eigenvalue weighted by Crippen LogP contribution is 2.39. The number of likely N-dealkylation sites (tertiary alicyclic amines) is 1. The monoisotopic (exact) mass is 294 g/mol. The predicted octanol–water partition coefficient (Wildman–Crippen LogP) is 2.29. The summed E-state index contributed by atoms with van der Waals surface area (Å²) in [6.07, 6.45) is 4.25. The second-order valence-electron chi connectivity index (χ2n) is 4.77. The van der Waals surface area contributed by atoms with Gasteiger partial charge >= 0.3 is 0 Å². The summed E-state index contributed by atoms with van der Waals surface area (Å²) >= 11 is 2.53.